The Morgan fingerprint density at radius 2 is 1.89 bits per heavy atom. The number of ether oxygens (including phenoxy) is 1. The van der Waals surface area contributed by atoms with Crippen molar-refractivity contribution in [3.05, 3.63) is 65.8 Å². The van der Waals surface area contributed by atoms with Crippen molar-refractivity contribution in [1.82, 2.24) is 15.4 Å². The number of nitrogens with one attached hydrogen (secondary N) is 4. The molecule has 7 N–H and O–H groups in total. The van der Waals surface area contributed by atoms with E-state index < -0.39 is 5.91 Å². The lowest BCUT2D eigenvalue weighted by Gasteiger charge is -2.15. The standard InChI is InChI=1S/C25H26ClN7O5/c1-3-19(34)15-6-4-7-18(23(15)27)30-24-16(26)13-28-25(32-24)31-17-11-10-14(12-20(17)38-2)29-21(35)8-5-9-22(36)33-37/h3-4,6-7,10-13,37H,1,5,8-9,27H2,2H3,(H,29,35)(H,33,36)(H2,28,30,31,32). The summed E-state index contributed by atoms with van der Waals surface area (Å²) in [6.07, 6.45) is 2.97. The highest BCUT2D eigenvalue weighted by atomic mass is 35.5. The van der Waals surface area contributed by atoms with Gasteiger partial charge in [0.05, 0.1) is 30.4 Å². The van der Waals surface area contributed by atoms with Gasteiger partial charge in [-0.15, -0.1) is 0 Å². The lowest BCUT2D eigenvalue weighted by Crippen LogP contribution is -2.19. The number of hydrogen-bond donors (Lipinski definition) is 6. The van der Waals surface area contributed by atoms with Gasteiger partial charge in [-0.3, -0.25) is 19.6 Å². The summed E-state index contributed by atoms with van der Waals surface area (Å²) in [6, 6.07) is 9.87. The molecule has 0 atom stereocenters. The van der Waals surface area contributed by atoms with Crippen LogP contribution in [0.5, 0.6) is 5.75 Å². The van der Waals surface area contributed by atoms with Gasteiger partial charge in [0, 0.05) is 30.2 Å². The largest absolute Gasteiger partial charge is 0.494 e. The molecular formula is C25H26ClN7O5. The first-order valence-electron chi connectivity index (χ1n) is 11.3. The topological polar surface area (TPSA) is 181 Å². The second-order valence-corrected chi connectivity index (χ2v) is 8.23. The van der Waals surface area contributed by atoms with Gasteiger partial charge >= 0.3 is 0 Å². The molecule has 198 valence electrons. The Labute approximate surface area is 223 Å². The summed E-state index contributed by atoms with van der Waals surface area (Å²) in [5.41, 5.74) is 9.60. The van der Waals surface area contributed by atoms with Crippen LogP contribution in [0.4, 0.5) is 34.5 Å². The lowest BCUT2D eigenvalue weighted by molar-refractivity contribution is -0.129. The molecule has 0 saturated heterocycles. The third-order valence-electron chi connectivity index (χ3n) is 5.22. The number of halogens is 1. The van der Waals surface area contributed by atoms with Gasteiger partial charge in [-0.1, -0.05) is 24.2 Å². The van der Waals surface area contributed by atoms with E-state index in [0.29, 0.717) is 28.4 Å². The number of hydroxylamine groups is 1. The van der Waals surface area contributed by atoms with Gasteiger partial charge in [0.1, 0.15) is 10.8 Å². The predicted molar refractivity (Wildman–Crippen MR) is 144 cm³/mol. The molecule has 13 heteroatoms. The van der Waals surface area contributed by atoms with Crippen LogP contribution < -0.4 is 31.9 Å². The molecule has 0 aliphatic heterocycles. The van der Waals surface area contributed by atoms with E-state index in [9.17, 15) is 14.4 Å². The number of benzene rings is 2. The first-order valence-corrected chi connectivity index (χ1v) is 11.7. The van der Waals surface area contributed by atoms with Gasteiger partial charge in [-0.05, 0) is 36.8 Å². The molecule has 2 aromatic carbocycles. The van der Waals surface area contributed by atoms with Crippen LogP contribution in [0.1, 0.15) is 29.6 Å². The van der Waals surface area contributed by atoms with E-state index in [1.54, 1.807) is 36.4 Å². The SMILES string of the molecule is C=CC(=O)c1cccc(Nc2nc(Nc3ccc(NC(=O)CCCC(=O)NO)cc3OC)ncc2Cl)c1N. The minimum absolute atomic E-state index is 0.0268. The van der Waals surface area contributed by atoms with Gasteiger partial charge in [0.2, 0.25) is 17.8 Å². The van der Waals surface area contributed by atoms with Crippen LogP contribution in [0.15, 0.2) is 55.3 Å². The number of aromatic nitrogens is 2. The van der Waals surface area contributed by atoms with E-state index in [-0.39, 0.29) is 53.4 Å². The Bertz CT molecular complexity index is 1370. The Balaban J connectivity index is 1.74. The third kappa shape index (κ3) is 7.18. The quantitative estimate of drug-likeness (QED) is 0.0641. The van der Waals surface area contributed by atoms with E-state index in [4.69, 9.17) is 27.3 Å². The fourth-order valence-electron chi connectivity index (χ4n) is 3.32. The molecule has 1 heterocycles. The van der Waals surface area contributed by atoms with Crippen LogP contribution in [-0.2, 0) is 9.59 Å². The van der Waals surface area contributed by atoms with E-state index in [2.05, 4.69) is 32.5 Å². The van der Waals surface area contributed by atoms with Gasteiger partial charge in [-0.2, -0.15) is 4.98 Å². The number of carbonyl (C=O) groups excluding carboxylic acids is 3. The summed E-state index contributed by atoms with van der Waals surface area (Å²) < 4.78 is 5.43. The van der Waals surface area contributed by atoms with Crippen LogP contribution >= 0.6 is 11.6 Å². The van der Waals surface area contributed by atoms with Crippen molar-refractivity contribution in [3.63, 3.8) is 0 Å². The predicted octanol–water partition coefficient (Wildman–Crippen LogP) is 4.19. The molecule has 0 saturated carbocycles. The second-order valence-electron chi connectivity index (χ2n) is 7.83. The van der Waals surface area contributed by atoms with Gasteiger partial charge in [0.25, 0.3) is 0 Å². The normalized spacial score (nSPS) is 10.3. The van der Waals surface area contributed by atoms with Crippen molar-refractivity contribution in [1.29, 1.82) is 0 Å². The number of ketones is 1. The molecule has 12 nitrogen and oxygen atoms in total. The summed E-state index contributed by atoms with van der Waals surface area (Å²) >= 11 is 6.28. The molecule has 0 spiro atoms. The van der Waals surface area contributed by atoms with Crippen molar-refractivity contribution < 1.29 is 24.3 Å². The van der Waals surface area contributed by atoms with Crippen LogP contribution in [-0.4, -0.2) is 39.9 Å². The molecule has 0 aliphatic rings. The average Bonchev–Trinajstić information content (AvgIpc) is 2.91. The number of nitrogens with two attached hydrogens (primary N) is 1. The minimum Gasteiger partial charge on any atom is -0.494 e. The Hall–Kier alpha value is -4.68. The molecule has 0 radical (unpaired) electrons. The molecule has 0 bridgehead atoms. The summed E-state index contributed by atoms with van der Waals surface area (Å²) in [4.78, 5) is 43.8. The zero-order chi connectivity index (χ0) is 27.7. The van der Waals surface area contributed by atoms with Crippen LogP contribution in [0, 0.1) is 0 Å². The van der Waals surface area contributed by atoms with Crippen molar-refractivity contribution >= 4 is 63.7 Å². The number of para-hydroxylation sites is 1. The van der Waals surface area contributed by atoms with Crippen LogP contribution in [0.25, 0.3) is 0 Å². The Kier molecular flexibility index (Phi) is 9.57. The fraction of sp³-hybridized carbons (Fsp3) is 0.160. The first-order chi connectivity index (χ1) is 18.2. The van der Waals surface area contributed by atoms with Gasteiger partial charge < -0.3 is 26.4 Å². The molecule has 2 amide bonds. The van der Waals surface area contributed by atoms with Crippen LogP contribution in [0.3, 0.4) is 0 Å². The van der Waals surface area contributed by atoms with Gasteiger partial charge in [0.15, 0.2) is 11.6 Å². The highest BCUT2D eigenvalue weighted by Crippen LogP contribution is 2.32. The Morgan fingerprint density at radius 3 is 2.61 bits per heavy atom. The molecule has 3 aromatic rings. The van der Waals surface area contributed by atoms with Gasteiger partial charge in [-0.25, -0.2) is 10.5 Å². The lowest BCUT2D eigenvalue weighted by atomic mass is 10.1. The van der Waals surface area contributed by atoms with E-state index in [1.807, 2.05) is 0 Å². The zero-order valence-corrected chi connectivity index (χ0v) is 21.1. The average molecular weight is 540 g/mol. The van der Waals surface area contributed by atoms with Crippen molar-refractivity contribution in [2.45, 2.75) is 19.3 Å². The first kappa shape index (κ1) is 27.9. The zero-order valence-electron chi connectivity index (χ0n) is 20.4. The number of amides is 2. The monoisotopic (exact) mass is 539 g/mol. The molecule has 3 rings (SSSR count). The molecule has 38 heavy (non-hydrogen) atoms. The van der Waals surface area contributed by atoms with Crippen molar-refractivity contribution in [3.8, 4) is 5.75 Å². The number of nitrogens with zero attached hydrogens (tertiary/aromatic N) is 2. The molecule has 1 aromatic heterocycles. The maximum atomic E-state index is 12.1. The van der Waals surface area contributed by atoms with Crippen molar-refractivity contribution in [2.75, 3.05) is 28.8 Å². The summed E-state index contributed by atoms with van der Waals surface area (Å²) in [5.74, 6) is -0.341. The molecule has 0 aliphatic carbocycles. The summed E-state index contributed by atoms with van der Waals surface area (Å²) in [6.45, 7) is 3.48. The van der Waals surface area contributed by atoms with E-state index in [0.717, 1.165) is 0 Å². The molecule has 0 fully saturated rings. The second kappa shape index (κ2) is 13.0. The van der Waals surface area contributed by atoms with E-state index >= 15 is 0 Å². The maximum Gasteiger partial charge on any atom is 0.243 e. The number of hydrogen-bond acceptors (Lipinski definition) is 10. The molecular weight excluding hydrogens is 514 g/mol. The number of rotatable bonds is 12. The smallest absolute Gasteiger partial charge is 0.243 e. The number of methoxy groups -OCH3 is 1. The number of nitrogen functional groups attached to an aromatic ring is 1. The minimum atomic E-state index is -0.558. The summed E-state index contributed by atoms with van der Waals surface area (Å²) in [5, 5.41) is 17.5. The molecule has 0 unspecified atom stereocenters. The third-order valence-corrected chi connectivity index (χ3v) is 5.49. The van der Waals surface area contributed by atoms with E-state index in [1.165, 1.54) is 24.9 Å². The summed E-state index contributed by atoms with van der Waals surface area (Å²) in [7, 11) is 1.47. The number of allylic oxidation sites excluding steroid dienone is 1. The van der Waals surface area contributed by atoms with Crippen molar-refractivity contribution in [2.24, 2.45) is 0 Å². The highest BCUT2D eigenvalue weighted by molar-refractivity contribution is 6.33. The van der Waals surface area contributed by atoms with Crippen LogP contribution in [0.2, 0.25) is 5.02 Å². The Morgan fingerprint density at radius 1 is 1.13 bits per heavy atom. The maximum absolute atomic E-state index is 12.1. The highest BCUT2D eigenvalue weighted by Gasteiger charge is 2.14. The number of anilines is 6. The fourth-order valence-corrected chi connectivity index (χ4v) is 3.46. The number of carbonyl (C=O) groups is 3.